The Bertz CT molecular complexity index is 1270. The molecular formula is C23H20N4O3. The van der Waals surface area contributed by atoms with Crippen molar-refractivity contribution < 1.29 is 9.84 Å². The first kappa shape index (κ1) is 19.2. The van der Waals surface area contributed by atoms with Gasteiger partial charge in [0.05, 0.1) is 29.4 Å². The predicted octanol–water partition coefficient (Wildman–Crippen LogP) is 3.94. The normalized spacial score (nSPS) is 11.1. The zero-order valence-corrected chi connectivity index (χ0v) is 16.3. The highest BCUT2D eigenvalue weighted by Gasteiger charge is 2.12. The molecule has 0 fully saturated rings. The number of phenolic OH excluding ortho intramolecular Hbond substituents is 1. The number of fused-ring (bicyclic) bond motifs is 1. The van der Waals surface area contributed by atoms with E-state index in [2.05, 4.69) is 15.5 Å². The van der Waals surface area contributed by atoms with Crippen LogP contribution in [0, 0.1) is 0 Å². The maximum Gasteiger partial charge on any atom is 0.267 e. The van der Waals surface area contributed by atoms with Gasteiger partial charge in [0.1, 0.15) is 0 Å². The number of para-hydroxylation sites is 2. The number of hydrazone groups is 1. The number of hydrogen-bond donors (Lipinski definition) is 2. The van der Waals surface area contributed by atoms with Gasteiger partial charge in [0, 0.05) is 0 Å². The average Bonchev–Trinajstić information content (AvgIpc) is 2.77. The first-order valence-corrected chi connectivity index (χ1v) is 9.49. The Balaban J connectivity index is 1.73. The Morgan fingerprint density at radius 1 is 1.10 bits per heavy atom. The number of phenols is 1. The quantitative estimate of drug-likeness (QED) is 0.378. The van der Waals surface area contributed by atoms with Crippen molar-refractivity contribution >= 4 is 23.1 Å². The van der Waals surface area contributed by atoms with Gasteiger partial charge in [0.2, 0.25) is 5.95 Å². The molecule has 1 aromatic heterocycles. The summed E-state index contributed by atoms with van der Waals surface area (Å²) in [4.78, 5) is 17.7. The number of anilines is 1. The Morgan fingerprint density at radius 3 is 2.67 bits per heavy atom. The molecule has 0 aliphatic carbocycles. The molecule has 0 aliphatic rings. The molecule has 30 heavy (non-hydrogen) atoms. The van der Waals surface area contributed by atoms with Crippen molar-refractivity contribution in [2.45, 2.75) is 6.92 Å². The molecule has 0 bridgehead atoms. The van der Waals surface area contributed by atoms with E-state index in [1.54, 1.807) is 36.5 Å². The van der Waals surface area contributed by atoms with Crippen LogP contribution in [0.4, 0.5) is 5.95 Å². The van der Waals surface area contributed by atoms with E-state index in [0.29, 0.717) is 34.9 Å². The third-order valence-electron chi connectivity index (χ3n) is 4.45. The minimum atomic E-state index is -0.187. The van der Waals surface area contributed by atoms with Gasteiger partial charge in [0.15, 0.2) is 11.5 Å². The number of benzene rings is 3. The molecule has 0 unspecified atom stereocenters. The Kier molecular flexibility index (Phi) is 5.43. The summed E-state index contributed by atoms with van der Waals surface area (Å²) in [5.74, 6) is 0.743. The monoisotopic (exact) mass is 400 g/mol. The molecule has 3 aromatic carbocycles. The fourth-order valence-corrected chi connectivity index (χ4v) is 3.07. The van der Waals surface area contributed by atoms with Crippen LogP contribution in [0.25, 0.3) is 16.6 Å². The highest BCUT2D eigenvalue weighted by atomic mass is 16.5. The molecular weight excluding hydrogens is 380 g/mol. The lowest BCUT2D eigenvalue weighted by atomic mass is 10.2. The molecule has 0 saturated heterocycles. The van der Waals surface area contributed by atoms with Crippen LogP contribution in [-0.2, 0) is 0 Å². The van der Waals surface area contributed by atoms with Crippen molar-refractivity contribution in [3.63, 3.8) is 0 Å². The second-order valence-electron chi connectivity index (χ2n) is 6.46. The van der Waals surface area contributed by atoms with Gasteiger partial charge in [-0.05, 0) is 55.0 Å². The minimum Gasteiger partial charge on any atom is -0.504 e. The summed E-state index contributed by atoms with van der Waals surface area (Å²) < 4.78 is 6.88. The SMILES string of the molecule is CCOc1cc(/C=N/Nc2nc3ccccc3c(=O)n2-c2ccccc2)ccc1O. The highest BCUT2D eigenvalue weighted by Crippen LogP contribution is 2.26. The number of hydrogen-bond acceptors (Lipinski definition) is 6. The van der Waals surface area contributed by atoms with Crippen molar-refractivity contribution in [2.24, 2.45) is 5.10 Å². The van der Waals surface area contributed by atoms with Gasteiger partial charge in [-0.15, -0.1) is 0 Å². The Morgan fingerprint density at radius 2 is 1.87 bits per heavy atom. The van der Waals surface area contributed by atoms with Gasteiger partial charge < -0.3 is 9.84 Å². The molecule has 7 nitrogen and oxygen atoms in total. The molecule has 2 N–H and O–H groups in total. The van der Waals surface area contributed by atoms with Crippen molar-refractivity contribution in [2.75, 3.05) is 12.0 Å². The first-order chi connectivity index (χ1) is 14.7. The maximum atomic E-state index is 13.1. The fraction of sp³-hybridized carbons (Fsp3) is 0.0870. The van der Waals surface area contributed by atoms with Crippen molar-refractivity contribution in [1.29, 1.82) is 0 Å². The molecule has 0 aliphatic heterocycles. The van der Waals surface area contributed by atoms with Crippen LogP contribution in [0.5, 0.6) is 11.5 Å². The van der Waals surface area contributed by atoms with E-state index < -0.39 is 0 Å². The molecule has 0 saturated carbocycles. The van der Waals surface area contributed by atoms with Crippen LogP contribution in [0.1, 0.15) is 12.5 Å². The fourth-order valence-electron chi connectivity index (χ4n) is 3.07. The summed E-state index contributed by atoms with van der Waals surface area (Å²) >= 11 is 0. The second-order valence-corrected chi connectivity index (χ2v) is 6.46. The summed E-state index contributed by atoms with van der Waals surface area (Å²) in [5.41, 5.74) is 4.67. The molecule has 0 radical (unpaired) electrons. The summed E-state index contributed by atoms with van der Waals surface area (Å²) in [6.45, 7) is 2.28. The number of nitrogens with one attached hydrogen (secondary N) is 1. The smallest absolute Gasteiger partial charge is 0.267 e. The van der Waals surface area contributed by atoms with Gasteiger partial charge in [0.25, 0.3) is 5.56 Å². The van der Waals surface area contributed by atoms with E-state index in [1.807, 2.05) is 49.4 Å². The van der Waals surface area contributed by atoms with Gasteiger partial charge in [-0.1, -0.05) is 30.3 Å². The summed E-state index contributed by atoms with van der Waals surface area (Å²) in [5, 5.41) is 14.6. The largest absolute Gasteiger partial charge is 0.504 e. The third kappa shape index (κ3) is 3.86. The Hall–Kier alpha value is -4.13. The van der Waals surface area contributed by atoms with Gasteiger partial charge in [-0.25, -0.2) is 15.0 Å². The molecule has 0 spiro atoms. The van der Waals surface area contributed by atoms with Crippen molar-refractivity contribution in [3.8, 4) is 17.2 Å². The van der Waals surface area contributed by atoms with Crippen molar-refractivity contribution in [3.05, 3.63) is 88.7 Å². The molecule has 7 heteroatoms. The van der Waals surface area contributed by atoms with Crippen LogP contribution in [0.15, 0.2) is 82.7 Å². The van der Waals surface area contributed by atoms with E-state index in [-0.39, 0.29) is 11.3 Å². The molecule has 150 valence electrons. The van der Waals surface area contributed by atoms with Gasteiger partial charge in [-0.2, -0.15) is 5.10 Å². The number of nitrogens with zero attached hydrogens (tertiary/aromatic N) is 3. The van der Waals surface area contributed by atoms with E-state index in [9.17, 15) is 9.90 Å². The average molecular weight is 400 g/mol. The molecule has 4 rings (SSSR count). The lowest BCUT2D eigenvalue weighted by Crippen LogP contribution is -2.22. The zero-order valence-electron chi connectivity index (χ0n) is 16.3. The van der Waals surface area contributed by atoms with E-state index in [0.717, 1.165) is 5.56 Å². The third-order valence-corrected chi connectivity index (χ3v) is 4.45. The molecule has 1 heterocycles. The number of rotatable bonds is 6. The second kappa shape index (κ2) is 8.48. The van der Waals surface area contributed by atoms with Crippen LogP contribution in [0.3, 0.4) is 0 Å². The highest BCUT2D eigenvalue weighted by molar-refractivity contribution is 5.82. The maximum absolute atomic E-state index is 13.1. The van der Waals surface area contributed by atoms with Gasteiger partial charge >= 0.3 is 0 Å². The van der Waals surface area contributed by atoms with Crippen LogP contribution >= 0.6 is 0 Å². The molecule has 0 amide bonds. The van der Waals surface area contributed by atoms with Gasteiger partial charge in [-0.3, -0.25) is 4.79 Å². The standard InChI is InChI=1S/C23H20N4O3/c1-2-30-21-14-16(12-13-20(21)28)15-24-26-23-25-19-11-7-6-10-18(19)22(29)27(23)17-8-4-3-5-9-17/h3-15,28H,2H2,1H3,(H,25,26)/b24-15+. The number of aromatic nitrogens is 2. The lowest BCUT2D eigenvalue weighted by molar-refractivity contribution is 0.318. The lowest BCUT2D eigenvalue weighted by Gasteiger charge is -2.12. The van der Waals surface area contributed by atoms with Crippen molar-refractivity contribution in [1.82, 2.24) is 9.55 Å². The van der Waals surface area contributed by atoms with E-state index in [1.165, 1.54) is 4.57 Å². The van der Waals surface area contributed by atoms with E-state index >= 15 is 0 Å². The molecule has 4 aromatic rings. The first-order valence-electron chi connectivity index (χ1n) is 9.49. The van der Waals surface area contributed by atoms with Crippen LogP contribution in [0.2, 0.25) is 0 Å². The Labute approximate surface area is 172 Å². The summed E-state index contributed by atoms with van der Waals surface area (Å²) in [6, 6.07) is 21.4. The number of aromatic hydroxyl groups is 1. The zero-order chi connectivity index (χ0) is 20.9. The van der Waals surface area contributed by atoms with Crippen LogP contribution < -0.4 is 15.7 Å². The van der Waals surface area contributed by atoms with Crippen LogP contribution in [-0.4, -0.2) is 27.5 Å². The summed E-state index contributed by atoms with van der Waals surface area (Å²) in [7, 11) is 0. The summed E-state index contributed by atoms with van der Waals surface area (Å²) in [6.07, 6.45) is 1.57. The predicted molar refractivity (Wildman–Crippen MR) is 118 cm³/mol. The minimum absolute atomic E-state index is 0.0658. The topological polar surface area (TPSA) is 88.7 Å². The molecule has 0 atom stereocenters. The van der Waals surface area contributed by atoms with E-state index in [4.69, 9.17) is 4.74 Å². The number of ether oxygens (including phenoxy) is 1.